The van der Waals surface area contributed by atoms with E-state index in [4.69, 9.17) is 11.6 Å². The molecule has 0 radical (unpaired) electrons. The van der Waals surface area contributed by atoms with Crippen LogP contribution in [-0.4, -0.2) is 5.91 Å². The fraction of sp³-hybridized carbons (Fsp3) is 0.150. The van der Waals surface area contributed by atoms with E-state index in [-0.39, 0.29) is 5.91 Å². The number of anilines is 1. The number of benzene rings is 2. The molecule has 4 heteroatoms. The minimum absolute atomic E-state index is 0.113. The SMILES string of the molecule is CCC(=O)N(Cc1ccc(Cl)cc1)c1csc(-c2ccccc2)c1. The van der Waals surface area contributed by atoms with Crippen LogP contribution in [0.3, 0.4) is 0 Å². The lowest BCUT2D eigenvalue weighted by atomic mass is 10.1. The minimum Gasteiger partial charge on any atom is -0.307 e. The van der Waals surface area contributed by atoms with Crippen LogP contribution in [0.25, 0.3) is 10.4 Å². The van der Waals surface area contributed by atoms with Crippen molar-refractivity contribution in [2.45, 2.75) is 19.9 Å². The molecule has 0 aliphatic carbocycles. The molecular formula is C20H18ClNOS. The molecule has 1 amide bonds. The smallest absolute Gasteiger partial charge is 0.227 e. The summed E-state index contributed by atoms with van der Waals surface area (Å²) in [5.41, 5.74) is 3.18. The highest BCUT2D eigenvalue weighted by atomic mass is 35.5. The van der Waals surface area contributed by atoms with E-state index in [9.17, 15) is 4.79 Å². The van der Waals surface area contributed by atoms with Crippen molar-refractivity contribution in [3.05, 3.63) is 76.6 Å². The van der Waals surface area contributed by atoms with Crippen LogP contribution in [0.2, 0.25) is 5.02 Å². The van der Waals surface area contributed by atoms with E-state index in [0.29, 0.717) is 18.0 Å². The molecule has 0 saturated heterocycles. The molecule has 3 rings (SSSR count). The van der Waals surface area contributed by atoms with E-state index in [0.717, 1.165) is 16.1 Å². The second kappa shape index (κ2) is 7.65. The van der Waals surface area contributed by atoms with Gasteiger partial charge in [0, 0.05) is 21.7 Å². The van der Waals surface area contributed by atoms with Crippen LogP contribution in [0.1, 0.15) is 18.9 Å². The van der Waals surface area contributed by atoms with Crippen LogP contribution in [0, 0.1) is 0 Å². The minimum atomic E-state index is 0.113. The summed E-state index contributed by atoms with van der Waals surface area (Å²) in [4.78, 5) is 15.4. The molecule has 24 heavy (non-hydrogen) atoms. The molecule has 0 fully saturated rings. The average molecular weight is 356 g/mol. The molecule has 2 aromatic carbocycles. The van der Waals surface area contributed by atoms with Crippen molar-refractivity contribution in [3.8, 4) is 10.4 Å². The highest BCUT2D eigenvalue weighted by Gasteiger charge is 2.16. The Morgan fingerprint density at radius 3 is 2.46 bits per heavy atom. The third-order valence-electron chi connectivity index (χ3n) is 3.81. The van der Waals surface area contributed by atoms with Gasteiger partial charge in [-0.15, -0.1) is 11.3 Å². The van der Waals surface area contributed by atoms with E-state index in [1.54, 1.807) is 11.3 Å². The Kier molecular flexibility index (Phi) is 5.34. The zero-order valence-corrected chi connectivity index (χ0v) is 15.0. The Labute approximate surface area is 151 Å². The van der Waals surface area contributed by atoms with Crippen LogP contribution < -0.4 is 4.90 Å². The largest absolute Gasteiger partial charge is 0.307 e. The van der Waals surface area contributed by atoms with Gasteiger partial charge in [0.25, 0.3) is 0 Å². The van der Waals surface area contributed by atoms with E-state index < -0.39 is 0 Å². The van der Waals surface area contributed by atoms with Gasteiger partial charge in [-0.05, 0) is 29.3 Å². The maximum atomic E-state index is 12.4. The first-order valence-corrected chi connectivity index (χ1v) is 9.12. The maximum Gasteiger partial charge on any atom is 0.227 e. The highest BCUT2D eigenvalue weighted by molar-refractivity contribution is 7.14. The van der Waals surface area contributed by atoms with Crippen molar-refractivity contribution in [2.75, 3.05) is 4.90 Å². The molecule has 0 bridgehead atoms. The molecule has 0 unspecified atom stereocenters. The van der Waals surface area contributed by atoms with Gasteiger partial charge in [-0.1, -0.05) is 61.0 Å². The lowest BCUT2D eigenvalue weighted by molar-refractivity contribution is -0.118. The fourth-order valence-electron chi connectivity index (χ4n) is 2.51. The second-order valence-electron chi connectivity index (χ2n) is 5.50. The van der Waals surface area contributed by atoms with Crippen LogP contribution in [0.4, 0.5) is 5.69 Å². The zero-order valence-electron chi connectivity index (χ0n) is 13.4. The van der Waals surface area contributed by atoms with Gasteiger partial charge in [-0.3, -0.25) is 4.79 Å². The summed E-state index contributed by atoms with van der Waals surface area (Å²) in [6, 6.07) is 19.9. The number of amides is 1. The number of hydrogen-bond acceptors (Lipinski definition) is 2. The molecule has 1 heterocycles. The lowest BCUT2D eigenvalue weighted by Crippen LogP contribution is -2.29. The van der Waals surface area contributed by atoms with E-state index in [1.165, 1.54) is 5.56 Å². The van der Waals surface area contributed by atoms with Crippen LogP contribution >= 0.6 is 22.9 Å². The van der Waals surface area contributed by atoms with Gasteiger partial charge in [0.1, 0.15) is 0 Å². The van der Waals surface area contributed by atoms with Crippen molar-refractivity contribution < 1.29 is 4.79 Å². The molecule has 2 nitrogen and oxygen atoms in total. The third-order valence-corrected chi connectivity index (χ3v) is 5.03. The fourth-order valence-corrected chi connectivity index (χ4v) is 3.54. The molecule has 0 N–H and O–H groups in total. The van der Waals surface area contributed by atoms with E-state index >= 15 is 0 Å². The summed E-state index contributed by atoms with van der Waals surface area (Å²) < 4.78 is 0. The number of hydrogen-bond donors (Lipinski definition) is 0. The summed E-state index contributed by atoms with van der Waals surface area (Å²) in [5, 5.41) is 2.75. The first-order valence-electron chi connectivity index (χ1n) is 7.86. The second-order valence-corrected chi connectivity index (χ2v) is 6.84. The lowest BCUT2D eigenvalue weighted by Gasteiger charge is -2.21. The first-order chi connectivity index (χ1) is 11.7. The summed E-state index contributed by atoms with van der Waals surface area (Å²) >= 11 is 7.60. The number of carbonyl (C=O) groups is 1. The molecule has 0 aliphatic heterocycles. The van der Waals surface area contributed by atoms with Crippen molar-refractivity contribution in [1.29, 1.82) is 0 Å². The van der Waals surface area contributed by atoms with Crippen molar-refractivity contribution in [1.82, 2.24) is 0 Å². The summed E-state index contributed by atoms with van der Waals surface area (Å²) in [5.74, 6) is 0.113. The zero-order chi connectivity index (χ0) is 16.9. The number of carbonyl (C=O) groups excluding carboxylic acids is 1. The summed E-state index contributed by atoms with van der Waals surface area (Å²) in [6.07, 6.45) is 0.476. The molecule has 0 aliphatic rings. The quantitative estimate of drug-likeness (QED) is 0.548. The Morgan fingerprint density at radius 2 is 1.79 bits per heavy atom. The van der Waals surface area contributed by atoms with Crippen LogP contribution in [-0.2, 0) is 11.3 Å². The molecule has 0 atom stereocenters. The van der Waals surface area contributed by atoms with Crippen LogP contribution in [0.5, 0.6) is 0 Å². The monoisotopic (exact) mass is 355 g/mol. The molecule has 1 aromatic heterocycles. The van der Waals surface area contributed by atoms with Gasteiger partial charge in [-0.2, -0.15) is 0 Å². The number of nitrogens with zero attached hydrogens (tertiary/aromatic N) is 1. The highest BCUT2D eigenvalue weighted by Crippen LogP contribution is 2.32. The van der Waals surface area contributed by atoms with Gasteiger partial charge in [0.05, 0.1) is 12.2 Å². The first kappa shape index (κ1) is 16.7. The van der Waals surface area contributed by atoms with Gasteiger partial charge in [0.2, 0.25) is 5.91 Å². The standard InChI is InChI=1S/C20H18ClNOS/c1-2-20(23)22(13-15-8-10-17(21)11-9-15)18-12-19(24-14-18)16-6-4-3-5-7-16/h3-12,14H,2,13H2,1H3. The Bertz CT molecular complexity index is 811. The molecule has 3 aromatic rings. The Balaban J connectivity index is 1.88. The molecule has 122 valence electrons. The van der Waals surface area contributed by atoms with E-state index in [1.807, 2.05) is 59.7 Å². The van der Waals surface area contributed by atoms with Crippen molar-refractivity contribution in [3.63, 3.8) is 0 Å². The Morgan fingerprint density at radius 1 is 1.08 bits per heavy atom. The average Bonchev–Trinajstić information content (AvgIpc) is 3.11. The normalized spacial score (nSPS) is 10.6. The van der Waals surface area contributed by atoms with Gasteiger partial charge in [-0.25, -0.2) is 0 Å². The summed E-state index contributed by atoms with van der Waals surface area (Å²) in [7, 11) is 0. The number of halogens is 1. The topological polar surface area (TPSA) is 20.3 Å². The predicted molar refractivity (Wildman–Crippen MR) is 103 cm³/mol. The Hall–Kier alpha value is -2.10. The van der Waals surface area contributed by atoms with E-state index in [2.05, 4.69) is 18.2 Å². The maximum absolute atomic E-state index is 12.4. The van der Waals surface area contributed by atoms with Gasteiger partial charge < -0.3 is 4.90 Å². The van der Waals surface area contributed by atoms with Crippen molar-refractivity contribution >= 4 is 34.5 Å². The van der Waals surface area contributed by atoms with Gasteiger partial charge in [0.15, 0.2) is 0 Å². The third kappa shape index (κ3) is 3.86. The number of rotatable bonds is 5. The van der Waals surface area contributed by atoms with Gasteiger partial charge >= 0.3 is 0 Å². The molecule has 0 spiro atoms. The number of thiophene rings is 1. The molecule has 0 saturated carbocycles. The van der Waals surface area contributed by atoms with Crippen LogP contribution in [0.15, 0.2) is 66.0 Å². The molecular weight excluding hydrogens is 338 g/mol. The predicted octanol–water partition coefficient (Wildman–Crippen LogP) is 6.01. The summed E-state index contributed by atoms with van der Waals surface area (Å²) in [6.45, 7) is 2.44. The van der Waals surface area contributed by atoms with Crippen molar-refractivity contribution in [2.24, 2.45) is 0 Å².